The van der Waals surface area contributed by atoms with Gasteiger partial charge in [-0.3, -0.25) is 15.0 Å². The fraction of sp³-hybridized carbons (Fsp3) is 0.538. The van der Waals surface area contributed by atoms with Crippen molar-refractivity contribution < 1.29 is 22.5 Å². The Balaban J connectivity index is 2.05. The van der Waals surface area contributed by atoms with Crippen molar-refractivity contribution in [3.8, 4) is 0 Å². The van der Waals surface area contributed by atoms with Crippen molar-refractivity contribution >= 4 is 27.3 Å². The van der Waals surface area contributed by atoms with E-state index in [9.17, 15) is 27.7 Å². The van der Waals surface area contributed by atoms with Crippen LogP contribution in [-0.2, 0) is 0 Å². The number of hydrogen-bond acceptors (Lipinski definition) is 4. The molecule has 0 unspecified atom stereocenters. The fourth-order valence-electron chi connectivity index (χ4n) is 2.42. The third-order valence-electron chi connectivity index (χ3n) is 3.60. The van der Waals surface area contributed by atoms with E-state index in [4.69, 9.17) is 0 Å². The lowest BCUT2D eigenvalue weighted by atomic mass is 10.2. The van der Waals surface area contributed by atoms with E-state index >= 15 is 0 Å². The highest BCUT2D eigenvalue weighted by Crippen LogP contribution is 2.32. The van der Waals surface area contributed by atoms with Gasteiger partial charge in [0.1, 0.15) is 5.69 Å². The average molecular weight is 400 g/mol. The Hall–Kier alpha value is -1.42. The van der Waals surface area contributed by atoms with Crippen LogP contribution >= 0.6 is 15.9 Å². The van der Waals surface area contributed by atoms with E-state index in [0.717, 1.165) is 0 Å². The zero-order valence-electron chi connectivity index (χ0n) is 11.9. The maximum Gasteiger partial charge on any atom is 0.319 e. The van der Waals surface area contributed by atoms with E-state index in [2.05, 4.69) is 15.9 Å². The van der Waals surface area contributed by atoms with Crippen molar-refractivity contribution in [2.45, 2.75) is 12.3 Å². The van der Waals surface area contributed by atoms with Crippen LogP contribution in [0.5, 0.6) is 0 Å². The molecule has 1 aromatic carbocycles. The molecule has 0 radical (unpaired) electrons. The van der Waals surface area contributed by atoms with E-state index in [-0.39, 0.29) is 31.9 Å². The molecule has 0 spiro atoms. The van der Waals surface area contributed by atoms with Gasteiger partial charge in [0, 0.05) is 36.7 Å². The number of piperazine rings is 1. The maximum absolute atomic E-state index is 13.1. The molecule has 1 saturated heterocycles. The van der Waals surface area contributed by atoms with Gasteiger partial charge in [-0.05, 0) is 12.1 Å². The van der Waals surface area contributed by atoms with E-state index in [0.29, 0.717) is 10.2 Å². The van der Waals surface area contributed by atoms with Crippen molar-refractivity contribution in [3.63, 3.8) is 0 Å². The molecule has 1 heterocycles. The van der Waals surface area contributed by atoms with Gasteiger partial charge in [0.05, 0.1) is 11.5 Å². The predicted octanol–water partition coefficient (Wildman–Crippen LogP) is 3.38. The second-order valence-corrected chi connectivity index (χ2v) is 6.13. The first-order valence-electron chi connectivity index (χ1n) is 6.78. The van der Waals surface area contributed by atoms with Crippen LogP contribution in [0.4, 0.5) is 28.9 Å². The third kappa shape index (κ3) is 4.31. The van der Waals surface area contributed by atoms with Gasteiger partial charge in [0.2, 0.25) is 0 Å². The zero-order valence-corrected chi connectivity index (χ0v) is 13.5. The first-order valence-corrected chi connectivity index (χ1v) is 7.57. The monoisotopic (exact) mass is 399 g/mol. The number of nitro groups is 1. The Morgan fingerprint density at radius 1 is 1.26 bits per heavy atom. The number of anilines is 1. The van der Waals surface area contributed by atoms with Gasteiger partial charge in [-0.2, -0.15) is 8.78 Å². The number of benzene rings is 1. The van der Waals surface area contributed by atoms with Crippen molar-refractivity contribution in [1.82, 2.24) is 4.90 Å². The molecular weight excluding hydrogens is 386 g/mol. The highest BCUT2D eigenvalue weighted by atomic mass is 79.9. The molecule has 1 fully saturated rings. The third-order valence-corrected chi connectivity index (χ3v) is 4.09. The second-order valence-electron chi connectivity index (χ2n) is 5.22. The number of nitro benzene ring substituents is 1. The van der Waals surface area contributed by atoms with Crippen LogP contribution in [-0.4, -0.2) is 54.9 Å². The van der Waals surface area contributed by atoms with Crippen molar-refractivity contribution in [3.05, 3.63) is 32.8 Å². The Labute approximate surface area is 138 Å². The Morgan fingerprint density at radius 3 is 2.39 bits per heavy atom. The molecular formula is C13H14BrF4N3O2. The van der Waals surface area contributed by atoms with E-state index < -0.39 is 23.8 Å². The Morgan fingerprint density at radius 2 is 1.87 bits per heavy atom. The molecule has 0 N–H and O–H groups in total. The van der Waals surface area contributed by atoms with Gasteiger partial charge in [-0.15, -0.1) is 0 Å². The van der Waals surface area contributed by atoms with Crippen LogP contribution in [0, 0.1) is 10.1 Å². The average Bonchev–Trinajstić information content (AvgIpc) is 2.47. The molecule has 128 valence electrons. The van der Waals surface area contributed by atoms with Gasteiger partial charge in [-0.1, -0.05) is 15.9 Å². The summed E-state index contributed by atoms with van der Waals surface area (Å²) in [6, 6.07) is 4.49. The molecule has 0 bridgehead atoms. The van der Waals surface area contributed by atoms with Gasteiger partial charge in [0.25, 0.3) is 5.69 Å². The smallest absolute Gasteiger partial charge is 0.319 e. The molecule has 0 atom stereocenters. The van der Waals surface area contributed by atoms with Gasteiger partial charge in [0.15, 0.2) is 0 Å². The zero-order chi connectivity index (χ0) is 17.2. The van der Waals surface area contributed by atoms with Crippen LogP contribution in [0.3, 0.4) is 0 Å². The largest absolute Gasteiger partial charge is 0.363 e. The minimum atomic E-state index is -4.05. The van der Waals surface area contributed by atoms with Crippen LogP contribution < -0.4 is 4.90 Å². The molecule has 1 aromatic rings. The molecule has 0 aromatic heterocycles. The van der Waals surface area contributed by atoms with Gasteiger partial charge in [-0.25, -0.2) is 8.78 Å². The molecule has 0 amide bonds. The number of nitrogens with zero attached hydrogens (tertiary/aromatic N) is 3. The summed E-state index contributed by atoms with van der Waals surface area (Å²) in [4.78, 5) is 13.5. The summed E-state index contributed by atoms with van der Waals surface area (Å²) in [7, 11) is 0. The number of hydrogen-bond donors (Lipinski definition) is 0. The molecule has 0 saturated carbocycles. The number of halogens is 5. The minimum Gasteiger partial charge on any atom is -0.363 e. The van der Waals surface area contributed by atoms with Crippen LogP contribution in [0.15, 0.2) is 22.7 Å². The minimum absolute atomic E-state index is 0.0837. The molecule has 5 nitrogen and oxygen atoms in total. The van der Waals surface area contributed by atoms with Crippen LogP contribution in [0.25, 0.3) is 0 Å². The van der Waals surface area contributed by atoms with Gasteiger partial charge >= 0.3 is 12.3 Å². The number of rotatable bonds is 5. The lowest BCUT2D eigenvalue weighted by molar-refractivity contribution is -0.384. The van der Waals surface area contributed by atoms with Crippen LogP contribution in [0.1, 0.15) is 0 Å². The first kappa shape index (κ1) is 17.9. The molecule has 2 rings (SSSR count). The molecule has 10 heteroatoms. The summed E-state index contributed by atoms with van der Waals surface area (Å²) >= 11 is 3.24. The molecule has 1 aliphatic rings. The highest BCUT2D eigenvalue weighted by Gasteiger charge is 2.42. The number of alkyl halides is 4. The topological polar surface area (TPSA) is 49.6 Å². The lowest BCUT2D eigenvalue weighted by Crippen LogP contribution is -2.51. The lowest BCUT2D eigenvalue weighted by Gasteiger charge is -2.37. The summed E-state index contributed by atoms with van der Waals surface area (Å²) in [6.07, 6.45) is -3.70. The maximum atomic E-state index is 13.1. The Kier molecular flexibility index (Phi) is 5.45. The molecule has 23 heavy (non-hydrogen) atoms. The van der Waals surface area contributed by atoms with Crippen molar-refractivity contribution in [2.75, 3.05) is 37.6 Å². The van der Waals surface area contributed by atoms with Crippen molar-refractivity contribution in [2.24, 2.45) is 0 Å². The normalized spacial score (nSPS) is 16.9. The first-order chi connectivity index (χ1) is 10.7. The molecule has 0 aliphatic carbocycles. The molecule has 1 aliphatic heterocycles. The second kappa shape index (κ2) is 7.00. The summed E-state index contributed by atoms with van der Waals surface area (Å²) in [6.45, 7) is -0.260. The Bertz CT molecular complexity index is 580. The van der Waals surface area contributed by atoms with Gasteiger partial charge < -0.3 is 4.90 Å². The van der Waals surface area contributed by atoms with E-state index in [1.807, 2.05) is 0 Å². The van der Waals surface area contributed by atoms with Crippen molar-refractivity contribution in [1.29, 1.82) is 0 Å². The summed E-state index contributed by atoms with van der Waals surface area (Å²) in [5, 5.41) is 11.1. The summed E-state index contributed by atoms with van der Waals surface area (Å²) in [5.41, 5.74) is 0.296. The van der Waals surface area contributed by atoms with Crippen LogP contribution in [0.2, 0.25) is 0 Å². The highest BCUT2D eigenvalue weighted by molar-refractivity contribution is 9.10. The standard InChI is InChI=1S/C13H14BrF4N3O2/c14-9-1-2-10(21(22)23)11(7-9)20-5-3-19(4-6-20)8-13(17,18)12(15)16/h1-2,7,12H,3-6,8H2. The van der Waals surface area contributed by atoms with E-state index in [1.165, 1.54) is 11.0 Å². The predicted molar refractivity (Wildman–Crippen MR) is 80.4 cm³/mol. The summed E-state index contributed by atoms with van der Waals surface area (Å²) < 4.78 is 51.3. The SMILES string of the molecule is O=[N+]([O-])c1ccc(Br)cc1N1CCN(CC(F)(F)C(F)F)CC1. The summed E-state index contributed by atoms with van der Waals surface area (Å²) in [5.74, 6) is -4.05. The quantitative estimate of drug-likeness (QED) is 0.432. The van der Waals surface area contributed by atoms with E-state index in [1.54, 1.807) is 17.0 Å². The fourth-order valence-corrected chi connectivity index (χ4v) is 2.77.